The Morgan fingerprint density at radius 3 is 2.56 bits per heavy atom. The van der Waals surface area contributed by atoms with Crippen LogP contribution in [-0.2, 0) is 18.4 Å². The van der Waals surface area contributed by atoms with Crippen molar-refractivity contribution in [2.75, 3.05) is 5.32 Å². The van der Waals surface area contributed by atoms with Crippen LogP contribution in [0.1, 0.15) is 0 Å². The highest BCUT2D eigenvalue weighted by molar-refractivity contribution is 5.90. The van der Waals surface area contributed by atoms with Crippen LogP contribution >= 0.6 is 0 Å². The maximum absolute atomic E-state index is 13.2. The molecule has 4 rings (SSSR count). The van der Waals surface area contributed by atoms with Gasteiger partial charge < -0.3 is 9.88 Å². The van der Waals surface area contributed by atoms with E-state index in [1.165, 1.54) is 22.6 Å². The number of imidazole rings is 1. The first-order chi connectivity index (χ1) is 13.0. The molecule has 0 unspecified atom stereocenters. The second-order valence-electron chi connectivity index (χ2n) is 6.01. The Labute approximate surface area is 151 Å². The molecule has 2 aromatic carbocycles. The summed E-state index contributed by atoms with van der Waals surface area (Å²) in [6.07, 6.45) is 0. The smallest absolute Gasteiger partial charge is 0.324 e. The topological polar surface area (TPSA) is 90.4 Å². The minimum Gasteiger partial charge on any atom is -0.324 e. The Morgan fingerprint density at radius 2 is 1.81 bits per heavy atom. The first-order valence-electron chi connectivity index (χ1n) is 8.08. The molecule has 0 bridgehead atoms. The molecule has 0 fully saturated rings. The summed E-state index contributed by atoms with van der Waals surface area (Å²) in [7, 11) is 1.71. The molecular weight excluding hydrogens is 353 g/mol. The Balaban J connectivity index is 1.76. The van der Waals surface area contributed by atoms with Crippen molar-refractivity contribution >= 4 is 28.4 Å². The third-order valence-corrected chi connectivity index (χ3v) is 4.22. The predicted molar refractivity (Wildman–Crippen MR) is 97.2 cm³/mol. The van der Waals surface area contributed by atoms with E-state index in [9.17, 15) is 18.8 Å². The van der Waals surface area contributed by atoms with Crippen molar-refractivity contribution in [3.63, 3.8) is 0 Å². The van der Waals surface area contributed by atoms with Gasteiger partial charge in [0.05, 0.1) is 11.0 Å². The van der Waals surface area contributed by atoms with Crippen LogP contribution in [0.2, 0.25) is 0 Å². The van der Waals surface area contributed by atoms with E-state index in [1.807, 2.05) is 6.07 Å². The normalized spacial score (nSPS) is 11.2. The molecule has 0 aliphatic rings. The van der Waals surface area contributed by atoms with Gasteiger partial charge in [-0.25, -0.2) is 13.5 Å². The Morgan fingerprint density at radius 1 is 1.07 bits per heavy atom. The van der Waals surface area contributed by atoms with Crippen molar-refractivity contribution in [3.05, 3.63) is 75.1 Å². The number of aromatic nitrogens is 4. The Kier molecular flexibility index (Phi) is 3.84. The first-order valence-corrected chi connectivity index (χ1v) is 8.08. The number of nitrogens with zero attached hydrogens (tertiary/aromatic N) is 4. The number of carbonyl (C=O) groups excluding carboxylic acids is 1. The van der Waals surface area contributed by atoms with Crippen molar-refractivity contribution in [1.82, 2.24) is 18.7 Å². The van der Waals surface area contributed by atoms with Crippen LogP contribution in [0.15, 0.2) is 58.1 Å². The summed E-state index contributed by atoms with van der Waals surface area (Å²) in [4.78, 5) is 37.2. The zero-order valence-electron chi connectivity index (χ0n) is 14.2. The zero-order valence-corrected chi connectivity index (χ0v) is 14.2. The van der Waals surface area contributed by atoms with Gasteiger partial charge in [-0.2, -0.15) is 0 Å². The molecule has 0 saturated heterocycles. The third kappa shape index (κ3) is 2.78. The van der Waals surface area contributed by atoms with Crippen LogP contribution in [0, 0.1) is 5.82 Å². The molecular formula is C18H14FN5O3. The van der Waals surface area contributed by atoms with Gasteiger partial charge in [-0.3, -0.25) is 14.4 Å². The zero-order chi connectivity index (χ0) is 19.1. The quantitative estimate of drug-likeness (QED) is 0.550. The molecule has 0 spiro atoms. The Hall–Kier alpha value is -3.75. The number of rotatable bonds is 3. The summed E-state index contributed by atoms with van der Waals surface area (Å²) in [6.45, 7) is -0.470. The summed E-state index contributed by atoms with van der Waals surface area (Å²) >= 11 is 0. The fourth-order valence-corrected chi connectivity index (χ4v) is 2.98. The van der Waals surface area contributed by atoms with E-state index >= 15 is 0 Å². The van der Waals surface area contributed by atoms with Gasteiger partial charge in [0.25, 0.3) is 0 Å². The van der Waals surface area contributed by atoms with Gasteiger partial charge in [-0.05, 0) is 30.3 Å². The van der Waals surface area contributed by atoms with Crippen LogP contribution in [0.25, 0.3) is 16.8 Å². The molecule has 27 heavy (non-hydrogen) atoms. The van der Waals surface area contributed by atoms with Gasteiger partial charge in [0.2, 0.25) is 11.7 Å². The summed E-state index contributed by atoms with van der Waals surface area (Å²) in [5.41, 5.74) is -0.187. The van der Waals surface area contributed by atoms with Crippen LogP contribution in [-0.4, -0.2) is 24.7 Å². The van der Waals surface area contributed by atoms with Gasteiger partial charge in [0.1, 0.15) is 12.4 Å². The summed E-state index contributed by atoms with van der Waals surface area (Å²) in [5.74, 6) is -0.865. The van der Waals surface area contributed by atoms with Gasteiger partial charge >= 0.3 is 11.1 Å². The fourth-order valence-electron chi connectivity index (χ4n) is 2.98. The number of hydrogen-bond donors (Lipinski definition) is 1. The lowest BCUT2D eigenvalue weighted by atomic mass is 10.3. The monoisotopic (exact) mass is 367 g/mol. The van der Waals surface area contributed by atoms with Crippen molar-refractivity contribution in [3.8, 4) is 0 Å². The van der Waals surface area contributed by atoms with E-state index in [0.29, 0.717) is 5.52 Å². The lowest BCUT2D eigenvalue weighted by Gasteiger charge is -2.07. The average molecular weight is 367 g/mol. The van der Waals surface area contributed by atoms with Crippen molar-refractivity contribution in [2.24, 2.45) is 7.05 Å². The van der Waals surface area contributed by atoms with E-state index in [1.54, 1.807) is 29.8 Å². The lowest BCUT2D eigenvalue weighted by molar-refractivity contribution is -0.117. The van der Waals surface area contributed by atoms with Gasteiger partial charge in [0.15, 0.2) is 0 Å². The molecule has 2 heterocycles. The Bertz CT molecular complexity index is 1320. The minimum atomic E-state index is -0.918. The maximum atomic E-state index is 13.2. The highest BCUT2D eigenvalue weighted by Gasteiger charge is 2.16. The second-order valence-corrected chi connectivity index (χ2v) is 6.01. The number of fused-ring (bicyclic) bond motifs is 3. The van der Waals surface area contributed by atoms with E-state index < -0.39 is 29.4 Å². The van der Waals surface area contributed by atoms with Crippen LogP contribution in [0.4, 0.5) is 10.1 Å². The molecule has 9 heteroatoms. The standard InChI is InChI=1S/C18H14FN5O3/c1-22-13-7-2-3-8-14(13)24-17(27)16(26)23(21-18(22)24)10-15(25)20-12-6-4-5-11(19)9-12/h2-9H,10H2,1H3,(H,20,25). The minimum absolute atomic E-state index is 0.236. The van der Waals surface area contributed by atoms with Crippen molar-refractivity contribution in [1.29, 1.82) is 0 Å². The number of nitrogens with one attached hydrogen (secondary N) is 1. The summed E-state index contributed by atoms with van der Waals surface area (Å²) in [6, 6.07) is 12.4. The first kappa shape index (κ1) is 16.7. The summed E-state index contributed by atoms with van der Waals surface area (Å²) in [5, 5.41) is 6.64. The van der Waals surface area contributed by atoms with Gasteiger partial charge in [0, 0.05) is 12.7 Å². The molecule has 0 atom stereocenters. The van der Waals surface area contributed by atoms with Gasteiger partial charge in [-0.15, -0.1) is 5.10 Å². The molecule has 4 aromatic rings. The number of carbonyl (C=O) groups is 1. The van der Waals surface area contributed by atoms with E-state index in [4.69, 9.17) is 0 Å². The number of anilines is 1. The molecule has 0 aliphatic heterocycles. The van der Waals surface area contributed by atoms with Crippen LogP contribution < -0.4 is 16.4 Å². The third-order valence-electron chi connectivity index (χ3n) is 4.22. The van der Waals surface area contributed by atoms with E-state index in [-0.39, 0.29) is 11.5 Å². The largest absolute Gasteiger partial charge is 0.333 e. The molecule has 1 N–H and O–H groups in total. The summed E-state index contributed by atoms with van der Waals surface area (Å²) < 4.78 is 16.9. The number of halogens is 1. The van der Waals surface area contributed by atoms with Gasteiger partial charge in [-0.1, -0.05) is 18.2 Å². The van der Waals surface area contributed by atoms with E-state index in [2.05, 4.69) is 10.4 Å². The molecule has 0 radical (unpaired) electrons. The molecule has 1 amide bonds. The second kappa shape index (κ2) is 6.20. The molecule has 2 aromatic heterocycles. The SMILES string of the molecule is Cn1c2ccccc2n2c(=O)c(=O)n(CC(=O)Nc3cccc(F)c3)nc12. The molecule has 136 valence electrons. The van der Waals surface area contributed by atoms with Crippen LogP contribution in [0.5, 0.6) is 0 Å². The number of para-hydroxylation sites is 2. The maximum Gasteiger partial charge on any atom is 0.333 e. The van der Waals surface area contributed by atoms with Crippen LogP contribution in [0.3, 0.4) is 0 Å². The highest BCUT2D eigenvalue weighted by Crippen LogP contribution is 2.15. The predicted octanol–water partition coefficient (Wildman–Crippen LogP) is 1.13. The number of benzene rings is 2. The molecule has 0 saturated carbocycles. The highest BCUT2D eigenvalue weighted by atomic mass is 19.1. The molecule has 8 nitrogen and oxygen atoms in total. The number of aryl methyl sites for hydroxylation is 1. The fraction of sp³-hybridized carbons (Fsp3) is 0.111. The average Bonchev–Trinajstić information content (AvgIpc) is 2.92. The van der Waals surface area contributed by atoms with Crippen molar-refractivity contribution < 1.29 is 9.18 Å². The van der Waals surface area contributed by atoms with E-state index in [0.717, 1.165) is 16.3 Å². The number of hydrogen-bond acceptors (Lipinski definition) is 4. The molecule has 0 aliphatic carbocycles. The lowest BCUT2D eigenvalue weighted by Crippen LogP contribution is -2.42. The van der Waals surface area contributed by atoms with Crippen molar-refractivity contribution in [2.45, 2.75) is 6.54 Å². The number of amides is 1.